The highest BCUT2D eigenvalue weighted by molar-refractivity contribution is 7.07. The lowest BCUT2D eigenvalue weighted by Gasteiger charge is -1.88. The summed E-state index contributed by atoms with van der Waals surface area (Å²) in [4.78, 5) is 1.39. The van der Waals surface area contributed by atoms with Gasteiger partial charge in [-0.15, -0.1) is 0 Å². The average Bonchev–Trinajstić information content (AvgIpc) is 2.47. The van der Waals surface area contributed by atoms with Gasteiger partial charge in [0.15, 0.2) is 0 Å². The quantitative estimate of drug-likeness (QED) is 0.630. The number of nitrogens with zero attached hydrogens (tertiary/aromatic N) is 1. The second-order valence-corrected chi connectivity index (χ2v) is 3.33. The van der Waals surface area contributed by atoms with Crippen LogP contribution in [0.1, 0.15) is 11.8 Å². The summed E-state index contributed by atoms with van der Waals surface area (Å²) in [5.74, 6) is 0. The molecule has 0 N–H and O–H groups in total. The maximum Gasteiger partial charge on any atom is 0.0843 e. The van der Waals surface area contributed by atoms with E-state index in [1.807, 2.05) is 6.07 Å². The van der Waals surface area contributed by atoms with Crippen molar-refractivity contribution in [1.29, 1.82) is 0 Å². The molecule has 2 aromatic rings. The second-order valence-electron chi connectivity index (χ2n) is 2.48. The molecule has 0 amide bonds. The van der Waals surface area contributed by atoms with Crippen molar-refractivity contribution in [2.75, 3.05) is 0 Å². The van der Waals surface area contributed by atoms with E-state index < -0.39 is 0 Å². The highest BCUT2D eigenvalue weighted by Gasteiger charge is 2.00. The Hall–Kier alpha value is -0.890. The van der Waals surface area contributed by atoms with Crippen molar-refractivity contribution in [3.05, 3.63) is 29.1 Å². The van der Waals surface area contributed by atoms with Crippen LogP contribution < -0.4 is 0 Å². The van der Waals surface area contributed by atoms with Gasteiger partial charge in [0.05, 0.1) is 5.52 Å². The van der Waals surface area contributed by atoms with E-state index in [1.54, 1.807) is 11.5 Å². The third kappa shape index (κ3) is 1.03. The van der Waals surface area contributed by atoms with E-state index in [4.69, 9.17) is 0 Å². The van der Waals surface area contributed by atoms with E-state index in [2.05, 4.69) is 29.5 Å². The van der Waals surface area contributed by atoms with Gasteiger partial charge in [-0.1, -0.05) is 25.1 Å². The molecule has 0 fully saturated rings. The molecular formula is C9H9NS. The van der Waals surface area contributed by atoms with Crippen LogP contribution in [0, 0.1) is 0 Å². The molecular weight excluding hydrogens is 154 g/mol. The number of hydrogen-bond donors (Lipinski definition) is 0. The minimum Gasteiger partial charge on any atom is -0.192 e. The summed E-state index contributed by atoms with van der Waals surface area (Å²) in [5, 5.41) is 1.32. The van der Waals surface area contributed by atoms with Crippen molar-refractivity contribution >= 4 is 22.4 Å². The molecule has 0 aliphatic heterocycles. The number of aromatic nitrogens is 1. The van der Waals surface area contributed by atoms with Crippen molar-refractivity contribution in [2.24, 2.45) is 0 Å². The standard InChI is InChI=1S/C9H9NS/c1-2-9-7-5-3-4-6-8(7)10-11-9/h3-6H,2H2,1H3. The van der Waals surface area contributed by atoms with Crippen LogP contribution in [-0.2, 0) is 6.42 Å². The molecule has 2 rings (SSSR count). The normalized spacial score (nSPS) is 10.6. The van der Waals surface area contributed by atoms with Crippen LogP contribution >= 0.6 is 11.5 Å². The van der Waals surface area contributed by atoms with E-state index in [0.29, 0.717) is 0 Å². The smallest absolute Gasteiger partial charge is 0.0843 e. The summed E-state index contributed by atoms with van der Waals surface area (Å²) in [6, 6.07) is 8.29. The van der Waals surface area contributed by atoms with E-state index >= 15 is 0 Å². The van der Waals surface area contributed by atoms with Crippen LogP contribution in [0.15, 0.2) is 24.3 Å². The van der Waals surface area contributed by atoms with Crippen LogP contribution in [0.2, 0.25) is 0 Å². The van der Waals surface area contributed by atoms with Gasteiger partial charge in [-0.25, -0.2) is 0 Å². The predicted molar refractivity (Wildman–Crippen MR) is 49.0 cm³/mol. The van der Waals surface area contributed by atoms with Gasteiger partial charge in [-0.2, -0.15) is 4.37 Å². The lowest BCUT2D eigenvalue weighted by molar-refractivity contribution is 1.20. The van der Waals surface area contributed by atoms with Gasteiger partial charge >= 0.3 is 0 Å². The third-order valence-electron chi connectivity index (χ3n) is 1.78. The molecule has 0 bridgehead atoms. The molecule has 56 valence electrons. The summed E-state index contributed by atoms with van der Waals surface area (Å²) in [6.07, 6.45) is 1.09. The fraction of sp³-hybridized carbons (Fsp3) is 0.222. The number of hydrogen-bond acceptors (Lipinski definition) is 2. The lowest BCUT2D eigenvalue weighted by Crippen LogP contribution is -1.71. The van der Waals surface area contributed by atoms with Crippen molar-refractivity contribution in [3.8, 4) is 0 Å². The zero-order chi connectivity index (χ0) is 7.68. The molecule has 0 unspecified atom stereocenters. The Morgan fingerprint density at radius 1 is 1.36 bits per heavy atom. The highest BCUT2D eigenvalue weighted by Crippen LogP contribution is 2.21. The monoisotopic (exact) mass is 163 g/mol. The average molecular weight is 163 g/mol. The van der Waals surface area contributed by atoms with Crippen molar-refractivity contribution in [2.45, 2.75) is 13.3 Å². The molecule has 0 spiro atoms. The predicted octanol–water partition coefficient (Wildman–Crippen LogP) is 2.86. The molecule has 1 aromatic carbocycles. The molecule has 0 saturated carbocycles. The number of benzene rings is 1. The molecule has 0 aliphatic rings. The first-order valence-electron chi connectivity index (χ1n) is 3.75. The fourth-order valence-corrected chi connectivity index (χ4v) is 1.97. The lowest BCUT2D eigenvalue weighted by atomic mass is 10.2. The molecule has 1 heterocycles. The summed E-state index contributed by atoms with van der Waals surface area (Å²) in [6.45, 7) is 2.17. The van der Waals surface area contributed by atoms with Gasteiger partial charge in [-0.05, 0) is 24.0 Å². The van der Waals surface area contributed by atoms with Crippen LogP contribution in [0.5, 0.6) is 0 Å². The number of rotatable bonds is 1. The van der Waals surface area contributed by atoms with Gasteiger partial charge in [0.2, 0.25) is 0 Å². The van der Waals surface area contributed by atoms with E-state index in [-0.39, 0.29) is 0 Å². The Kier molecular flexibility index (Phi) is 1.62. The molecule has 1 nitrogen and oxygen atoms in total. The van der Waals surface area contributed by atoms with E-state index in [1.165, 1.54) is 10.3 Å². The van der Waals surface area contributed by atoms with E-state index in [0.717, 1.165) is 11.9 Å². The first kappa shape index (κ1) is 6.80. The SMILES string of the molecule is CCc1snc2ccccc12. The van der Waals surface area contributed by atoms with Gasteiger partial charge in [0.25, 0.3) is 0 Å². The fourth-order valence-electron chi connectivity index (χ4n) is 1.20. The minimum absolute atomic E-state index is 1.09. The van der Waals surface area contributed by atoms with Crippen LogP contribution in [-0.4, -0.2) is 4.37 Å². The van der Waals surface area contributed by atoms with Crippen LogP contribution in [0.25, 0.3) is 10.9 Å². The molecule has 0 radical (unpaired) electrons. The number of aryl methyl sites for hydroxylation is 1. The van der Waals surface area contributed by atoms with Gasteiger partial charge in [-0.3, -0.25) is 0 Å². The summed E-state index contributed by atoms with van der Waals surface area (Å²) >= 11 is 1.61. The zero-order valence-electron chi connectivity index (χ0n) is 6.37. The van der Waals surface area contributed by atoms with Crippen molar-refractivity contribution < 1.29 is 0 Å². The molecule has 2 heteroatoms. The Morgan fingerprint density at radius 3 is 3.00 bits per heavy atom. The van der Waals surface area contributed by atoms with E-state index in [9.17, 15) is 0 Å². The second kappa shape index (κ2) is 2.62. The largest absolute Gasteiger partial charge is 0.192 e. The van der Waals surface area contributed by atoms with Crippen molar-refractivity contribution in [3.63, 3.8) is 0 Å². The maximum atomic E-state index is 4.33. The zero-order valence-corrected chi connectivity index (χ0v) is 7.19. The van der Waals surface area contributed by atoms with Gasteiger partial charge in [0.1, 0.15) is 0 Å². The highest BCUT2D eigenvalue weighted by atomic mass is 32.1. The van der Waals surface area contributed by atoms with Crippen molar-refractivity contribution in [1.82, 2.24) is 4.37 Å². The maximum absolute atomic E-state index is 4.33. The molecule has 11 heavy (non-hydrogen) atoms. The third-order valence-corrected chi connectivity index (χ3v) is 2.80. The summed E-state index contributed by atoms with van der Waals surface area (Å²) in [7, 11) is 0. The molecule has 0 aliphatic carbocycles. The van der Waals surface area contributed by atoms with Crippen LogP contribution in [0.4, 0.5) is 0 Å². The Morgan fingerprint density at radius 2 is 2.18 bits per heavy atom. The first-order valence-corrected chi connectivity index (χ1v) is 4.52. The Bertz CT molecular complexity index is 364. The summed E-state index contributed by atoms with van der Waals surface area (Å²) in [5.41, 5.74) is 1.13. The Balaban J connectivity index is 2.76. The van der Waals surface area contributed by atoms with Gasteiger partial charge in [0, 0.05) is 10.3 Å². The minimum atomic E-state index is 1.09. The first-order chi connectivity index (χ1) is 5.42. The summed E-state index contributed by atoms with van der Waals surface area (Å²) < 4.78 is 4.33. The molecule has 0 atom stereocenters. The number of fused-ring (bicyclic) bond motifs is 1. The van der Waals surface area contributed by atoms with Gasteiger partial charge < -0.3 is 0 Å². The Labute approximate surface area is 69.8 Å². The molecule has 0 saturated heterocycles. The van der Waals surface area contributed by atoms with Crippen LogP contribution in [0.3, 0.4) is 0 Å². The topological polar surface area (TPSA) is 12.9 Å². The molecule has 1 aromatic heterocycles.